The van der Waals surface area contributed by atoms with Crippen molar-refractivity contribution in [2.75, 3.05) is 19.6 Å². The first-order chi connectivity index (χ1) is 18.0. The number of para-hydroxylation sites is 1. The van der Waals surface area contributed by atoms with Crippen LogP contribution in [0.15, 0.2) is 91.1 Å². The zero-order chi connectivity index (χ0) is 26.2. The second-order valence-corrected chi connectivity index (χ2v) is 9.03. The first-order valence-corrected chi connectivity index (χ1v) is 12.8. The summed E-state index contributed by atoms with van der Waals surface area (Å²) in [7, 11) is 0. The Morgan fingerprint density at radius 1 is 0.730 bits per heavy atom. The van der Waals surface area contributed by atoms with Gasteiger partial charge in [0.15, 0.2) is 0 Å². The van der Waals surface area contributed by atoms with Gasteiger partial charge in [-0.1, -0.05) is 78.9 Å². The Bertz CT molecular complexity index is 1360. The number of Topliss-reactive ketones (excluding diaryl/α,β-unsaturated/α-hetero) is 1. The number of ketones is 1. The van der Waals surface area contributed by atoms with E-state index < -0.39 is 11.7 Å². The average Bonchev–Trinajstić information content (AvgIpc) is 3.30. The maximum absolute atomic E-state index is 13.6. The smallest absolute Gasteiger partial charge is 0.295 e. The largest absolute Gasteiger partial charge is 0.342 e. The quantitative estimate of drug-likeness (QED) is 0.218. The number of benzene rings is 3. The first kappa shape index (κ1) is 25.9. The minimum atomic E-state index is -0.561. The lowest BCUT2D eigenvalue weighted by Gasteiger charge is -2.22. The molecule has 1 heterocycles. The SMILES string of the molecule is CCN(CC)C(=O)Cn1cc(C(=O)C(=O)N(CCc2ccccc2)Cc2ccccc2)c2ccccc21. The maximum Gasteiger partial charge on any atom is 0.295 e. The van der Waals surface area contributed by atoms with Crippen molar-refractivity contribution < 1.29 is 14.4 Å². The number of likely N-dealkylation sites (N-methyl/N-ethyl adjacent to an activating group) is 1. The Morgan fingerprint density at radius 3 is 1.97 bits per heavy atom. The Kier molecular flexibility index (Phi) is 8.52. The number of hydrogen-bond donors (Lipinski definition) is 0. The highest BCUT2D eigenvalue weighted by Gasteiger charge is 2.27. The molecule has 0 bridgehead atoms. The number of rotatable bonds is 11. The molecule has 4 aromatic rings. The summed E-state index contributed by atoms with van der Waals surface area (Å²) in [6.45, 7) is 6.01. The monoisotopic (exact) mass is 495 g/mol. The van der Waals surface area contributed by atoms with Crippen LogP contribution in [0, 0.1) is 0 Å². The van der Waals surface area contributed by atoms with E-state index in [1.165, 1.54) is 0 Å². The number of nitrogens with zero attached hydrogens (tertiary/aromatic N) is 3. The van der Waals surface area contributed by atoms with Gasteiger partial charge in [-0.2, -0.15) is 0 Å². The van der Waals surface area contributed by atoms with Gasteiger partial charge in [0.2, 0.25) is 5.91 Å². The molecule has 0 saturated carbocycles. The third-order valence-corrected chi connectivity index (χ3v) is 6.67. The van der Waals surface area contributed by atoms with Crippen LogP contribution in [0.2, 0.25) is 0 Å². The molecule has 0 radical (unpaired) electrons. The molecule has 0 aliphatic heterocycles. The lowest BCUT2D eigenvalue weighted by Crippen LogP contribution is -2.37. The zero-order valence-electron chi connectivity index (χ0n) is 21.5. The number of fused-ring (bicyclic) bond motifs is 1. The van der Waals surface area contributed by atoms with Gasteiger partial charge in [0.1, 0.15) is 6.54 Å². The third kappa shape index (κ3) is 6.15. The Hall–Kier alpha value is -4.19. The molecule has 37 heavy (non-hydrogen) atoms. The molecule has 0 atom stereocenters. The predicted molar refractivity (Wildman–Crippen MR) is 146 cm³/mol. The van der Waals surface area contributed by atoms with Crippen molar-refractivity contribution in [3.63, 3.8) is 0 Å². The second-order valence-electron chi connectivity index (χ2n) is 9.03. The van der Waals surface area contributed by atoms with Gasteiger partial charge < -0.3 is 14.4 Å². The fourth-order valence-electron chi connectivity index (χ4n) is 4.60. The van der Waals surface area contributed by atoms with Crippen molar-refractivity contribution in [2.24, 2.45) is 0 Å². The van der Waals surface area contributed by atoms with Crippen LogP contribution in [0.5, 0.6) is 0 Å². The van der Waals surface area contributed by atoms with Crippen molar-refractivity contribution >= 4 is 28.5 Å². The summed E-state index contributed by atoms with van der Waals surface area (Å²) in [6.07, 6.45) is 2.30. The fourth-order valence-corrected chi connectivity index (χ4v) is 4.60. The van der Waals surface area contributed by atoms with Crippen molar-refractivity contribution in [3.8, 4) is 0 Å². The van der Waals surface area contributed by atoms with Crippen molar-refractivity contribution in [1.82, 2.24) is 14.4 Å². The zero-order valence-corrected chi connectivity index (χ0v) is 21.5. The topological polar surface area (TPSA) is 62.6 Å². The summed E-state index contributed by atoms with van der Waals surface area (Å²) in [4.78, 5) is 43.5. The predicted octanol–water partition coefficient (Wildman–Crippen LogP) is 4.96. The van der Waals surface area contributed by atoms with E-state index in [9.17, 15) is 14.4 Å². The van der Waals surface area contributed by atoms with Gasteiger partial charge >= 0.3 is 0 Å². The summed E-state index contributed by atoms with van der Waals surface area (Å²) < 4.78 is 1.78. The van der Waals surface area contributed by atoms with Crippen molar-refractivity contribution in [3.05, 3.63) is 108 Å². The molecular formula is C31H33N3O3. The van der Waals surface area contributed by atoms with Crippen molar-refractivity contribution in [1.29, 1.82) is 0 Å². The molecular weight excluding hydrogens is 462 g/mol. The summed E-state index contributed by atoms with van der Waals surface area (Å²) in [5, 5.41) is 0.677. The summed E-state index contributed by atoms with van der Waals surface area (Å²) >= 11 is 0. The van der Waals surface area contributed by atoms with Gasteiger partial charge in [-0.3, -0.25) is 14.4 Å². The van der Waals surface area contributed by atoms with Gasteiger partial charge in [-0.25, -0.2) is 0 Å². The van der Waals surface area contributed by atoms with Crippen LogP contribution in [-0.4, -0.2) is 51.6 Å². The first-order valence-electron chi connectivity index (χ1n) is 12.8. The standard InChI is InChI=1S/C31H33N3O3/c1-3-32(4-2)29(35)23-34-22-27(26-17-11-12-18-28(26)34)30(36)31(37)33(21-25-15-9-6-10-16-25)20-19-24-13-7-5-8-14-24/h5-18,22H,3-4,19-21,23H2,1-2H3. The van der Waals surface area contributed by atoms with E-state index >= 15 is 0 Å². The molecule has 6 heteroatoms. The molecule has 0 fully saturated rings. The van der Waals surface area contributed by atoms with Crippen LogP contribution in [0.4, 0.5) is 0 Å². The number of hydrogen-bond acceptors (Lipinski definition) is 3. The van der Waals surface area contributed by atoms with Crippen LogP contribution in [0.25, 0.3) is 10.9 Å². The molecule has 6 nitrogen and oxygen atoms in total. The molecule has 190 valence electrons. The lowest BCUT2D eigenvalue weighted by molar-refractivity contribution is -0.131. The van der Waals surface area contributed by atoms with Gasteiger partial charge in [-0.05, 0) is 37.5 Å². The molecule has 0 saturated heterocycles. The van der Waals surface area contributed by atoms with Gasteiger partial charge in [0.25, 0.3) is 11.7 Å². The van der Waals surface area contributed by atoms with E-state index in [2.05, 4.69) is 0 Å². The van der Waals surface area contributed by atoms with E-state index in [1.807, 2.05) is 98.8 Å². The average molecular weight is 496 g/mol. The molecule has 0 unspecified atom stereocenters. The highest BCUT2D eigenvalue weighted by Crippen LogP contribution is 2.23. The molecule has 0 N–H and O–H groups in total. The molecule has 0 aliphatic rings. The Morgan fingerprint density at radius 2 is 1.32 bits per heavy atom. The molecule has 1 aromatic heterocycles. The van der Waals surface area contributed by atoms with Crippen LogP contribution in [0.3, 0.4) is 0 Å². The molecule has 0 aliphatic carbocycles. The Balaban J connectivity index is 1.62. The molecule has 0 spiro atoms. The normalized spacial score (nSPS) is 10.9. The van der Waals surface area contributed by atoms with Crippen LogP contribution in [-0.2, 0) is 29.1 Å². The fraction of sp³-hybridized carbons (Fsp3) is 0.258. The molecule has 4 rings (SSSR count). The minimum Gasteiger partial charge on any atom is -0.342 e. The highest BCUT2D eigenvalue weighted by atomic mass is 16.2. The maximum atomic E-state index is 13.6. The molecule has 2 amide bonds. The van der Waals surface area contributed by atoms with Crippen LogP contribution >= 0.6 is 0 Å². The Labute approximate surface area is 218 Å². The summed E-state index contributed by atoms with van der Waals surface area (Å²) in [6, 6.07) is 27.1. The van der Waals surface area contributed by atoms with Crippen LogP contribution < -0.4 is 0 Å². The third-order valence-electron chi connectivity index (χ3n) is 6.67. The lowest BCUT2D eigenvalue weighted by atomic mass is 10.1. The number of carbonyl (C=O) groups excluding carboxylic acids is 3. The van der Waals surface area contributed by atoms with E-state index in [4.69, 9.17) is 0 Å². The number of aromatic nitrogens is 1. The van der Waals surface area contributed by atoms with Gasteiger partial charge in [0.05, 0.1) is 5.56 Å². The summed E-state index contributed by atoms with van der Waals surface area (Å²) in [5.41, 5.74) is 3.15. The van der Waals surface area contributed by atoms with Gasteiger partial charge in [0, 0.05) is 43.3 Å². The van der Waals surface area contributed by atoms with Crippen LogP contribution in [0.1, 0.15) is 35.3 Å². The van der Waals surface area contributed by atoms with E-state index in [0.717, 1.165) is 16.6 Å². The molecule has 3 aromatic carbocycles. The second kappa shape index (κ2) is 12.2. The highest BCUT2D eigenvalue weighted by molar-refractivity contribution is 6.44. The minimum absolute atomic E-state index is 0.0235. The number of amides is 2. The van der Waals surface area contributed by atoms with E-state index in [-0.39, 0.29) is 12.5 Å². The summed E-state index contributed by atoms with van der Waals surface area (Å²) in [5.74, 6) is -1.13. The van der Waals surface area contributed by atoms with Crippen molar-refractivity contribution in [2.45, 2.75) is 33.4 Å². The van der Waals surface area contributed by atoms with E-state index in [0.29, 0.717) is 43.5 Å². The van der Waals surface area contributed by atoms with Gasteiger partial charge in [-0.15, -0.1) is 0 Å². The number of carbonyl (C=O) groups is 3. The van der Waals surface area contributed by atoms with E-state index in [1.54, 1.807) is 20.6 Å².